The van der Waals surface area contributed by atoms with Gasteiger partial charge in [0, 0.05) is 34.4 Å². The molecule has 10 nitrogen and oxygen atoms in total. The van der Waals surface area contributed by atoms with Crippen molar-refractivity contribution in [2.45, 2.75) is 6.92 Å². The first-order valence-corrected chi connectivity index (χ1v) is 10.1. The van der Waals surface area contributed by atoms with Crippen LogP contribution in [0, 0.1) is 10.1 Å². The monoisotopic (exact) mass is 494 g/mol. The molecular formula is C21H15BrN6O4. The molecule has 0 aliphatic rings. The molecule has 4 rings (SSSR count). The summed E-state index contributed by atoms with van der Waals surface area (Å²) in [6, 6.07) is 13.7. The van der Waals surface area contributed by atoms with E-state index in [4.69, 9.17) is 4.74 Å². The number of hydrogen-bond donors (Lipinski definition) is 2. The smallest absolute Gasteiger partial charge is 0.373 e. The second-order valence-electron chi connectivity index (χ2n) is 6.56. The molecule has 0 fully saturated rings. The molecule has 32 heavy (non-hydrogen) atoms. The standard InChI is InChI=1S/C21H15BrN6O4/c1-12(29)26-13-4-6-14(7-5-13)27-20-19(28(30)31)21(25-11-24-20)32-17-9-8-16(22)15-3-2-10-23-18(15)17/h2-11H,1H3,(H,26,29)(H,24,25,27). The summed E-state index contributed by atoms with van der Waals surface area (Å²) in [5, 5.41) is 18.2. The molecule has 0 aliphatic carbocycles. The molecule has 0 radical (unpaired) electrons. The van der Waals surface area contributed by atoms with Gasteiger partial charge in [-0.3, -0.25) is 19.9 Å². The van der Waals surface area contributed by atoms with E-state index in [0.717, 1.165) is 9.86 Å². The predicted molar refractivity (Wildman–Crippen MR) is 122 cm³/mol. The third-order valence-electron chi connectivity index (χ3n) is 4.33. The summed E-state index contributed by atoms with van der Waals surface area (Å²) in [6.07, 6.45) is 2.78. The number of aromatic nitrogens is 3. The number of nitro groups is 1. The van der Waals surface area contributed by atoms with Gasteiger partial charge < -0.3 is 15.4 Å². The van der Waals surface area contributed by atoms with E-state index < -0.39 is 10.6 Å². The van der Waals surface area contributed by atoms with Crippen LogP contribution in [0.4, 0.5) is 22.9 Å². The van der Waals surface area contributed by atoms with Crippen molar-refractivity contribution in [1.82, 2.24) is 15.0 Å². The zero-order chi connectivity index (χ0) is 22.7. The van der Waals surface area contributed by atoms with Gasteiger partial charge in [-0.2, -0.15) is 4.98 Å². The van der Waals surface area contributed by atoms with Crippen LogP contribution in [0.3, 0.4) is 0 Å². The van der Waals surface area contributed by atoms with Crippen LogP contribution in [0.15, 0.2) is 65.5 Å². The van der Waals surface area contributed by atoms with E-state index >= 15 is 0 Å². The van der Waals surface area contributed by atoms with Crippen LogP contribution in [0.2, 0.25) is 0 Å². The Bertz CT molecular complexity index is 1330. The number of rotatable bonds is 6. The maximum Gasteiger partial charge on any atom is 0.373 e. The Morgan fingerprint density at radius 1 is 1.06 bits per heavy atom. The lowest BCUT2D eigenvalue weighted by Gasteiger charge is -2.11. The maximum absolute atomic E-state index is 11.9. The summed E-state index contributed by atoms with van der Waals surface area (Å²) in [5.41, 5.74) is 1.23. The fraction of sp³-hybridized carbons (Fsp3) is 0.0476. The molecule has 160 valence electrons. The Morgan fingerprint density at radius 2 is 1.81 bits per heavy atom. The highest BCUT2D eigenvalue weighted by Crippen LogP contribution is 2.38. The quantitative estimate of drug-likeness (QED) is 0.276. The van der Waals surface area contributed by atoms with Crippen LogP contribution in [0.5, 0.6) is 11.6 Å². The molecule has 0 saturated heterocycles. The van der Waals surface area contributed by atoms with Crippen molar-refractivity contribution in [3.8, 4) is 11.6 Å². The third kappa shape index (κ3) is 4.47. The molecule has 4 aromatic rings. The number of anilines is 3. The number of amides is 1. The van der Waals surface area contributed by atoms with Gasteiger partial charge in [0.05, 0.1) is 4.92 Å². The molecule has 2 heterocycles. The highest BCUT2D eigenvalue weighted by atomic mass is 79.9. The van der Waals surface area contributed by atoms with Crippen molar-refractivity contribution >= 4 is 55.6 Å². The number of carbonyl (C=O) groups is 1. The zero-order valence-corrected chi connectivity index (χ0v) is 18.2. The Labute approximate surface area is 190 Å². The average Bonchev–Trinajstić information content (AvgIpc) is 2.77. The lowest BCUT2D eigenvalue weighted by Crippen LogP contribution is -2.06. The number of halogens is 1. The van der Waals surface area contributed by atoms with E-state index in [1.165, 1.54) is 13.3 Å². The van der Waals surface area contributed by atoms with Gasteiger partial charge in [0.15, 0.2) is 5.75 Å². The summed E-state index contributed by atoms with van der Waals surface area (Å²) in [6.45, 7) is 1.40. The highest BCUT2D eigenvalue weighted by Gasteiger charge is 2.26. The van der Waals surface area contributed by atoms with Gasteiger partial charge in [-0.1, -0.05) is 22.0 Å². The fourth-order valence-corrected chi connectivity index (χ4v) is 3.42. The normalized spacial score (nSPS) is 10.6. The number of nitrogens with zero attached hydrogens (tertiary/aromatic N) is 4. The summed E-state index contributed by atoms with van der Waals surface area (Å²) in [4.78, 5) is 34.7. The summed E-state index contributed by atoms with van der Waals surface area (Å²) < 4.78 is 6.63. The Balaban J connectivity index is 1.68. The first kappa shape index (κ1) is 21.1. The van der Waals surface area contributed by atoms with Gasteiger partial charge in [-0.15, -0.1) is 0 Å². The van der Waals surface area contributed by atoms with Crippen LogP contribution < -0.4 is 15.4 Å². The van der Waals surface area contributed by atoms with Gasteiger partial charge in [-0.05, 0) is 42.5 Å². The lowest BCUT2D eigenvalue weighted by molar-refractivity contribution is -0.385. The molecule has 0 spiro atoms. The van der Waals surface area contributed by atoms with Gasteiger partial charge in [0.1, 0.15) is 11.8 Å². The Kier molecular flexibility index (Phi) is 5.90. The van der Waals surface area contributed by atoms with E-state index in [-0.39, 0.29) is 17.6 Å². The number of nitrogens with one attached hydrogen (secondary N) is 2. The van der Waals surface area contributed by atoms with E-state index in [9.17, 15) is 14.9 Å². The van der Waals surface area contributed by atoms with E-state index in [1.807, 2.05) is 6.07 Å². The summed E-state index contributed by atoms with van der Waals surface area (Å²) in [7, 11) is 0. The average molecular weight is 495 g/mol. The largest absolute Gasteiger partial charge is 0.431 e. The van der Waals surface area contributed by atoms with Crippen molar-refractivity contribution in [3.05, 3.63) is 75.6 Å². The predicted octanol–water partition coefficient (Wildman–Crippen LogP) is 5.19. The van der Waals surface area contributed by atoms with Crippen LogP contribution >= 0.6 is 15.9 Å². The van der Waals surface area contributed by atoms with E-state index in [2.05, 4.69) is 41.5 Å². The Morgan fingerprint density at radius 3 is 2.53 bits per heavy atom. The van der Waals surface area contributed by atoms with E-state index in [0.29, 0.717) is 22.6 Å². The molecule has 0 bridgehead atoms. The molecule has 0 aliphatic heterocycles. The molecule has 1 amide bonds. The minimum Gasteiger partial charge on any atom is -0.431 e. The van der Waals surface area contributed by atoms with Gasteiger partial charge in [0.25, 0.3) is 0 Å². The number of fused-ring (bicyclic) bond motifs is 1. The second kappa shape index (κ2) is 8.94. The first-order valence-electron chi connectivity index (χ1n) is 9.27. The number of benzene rings is 2. The minimum absolute atomic E-state index is 0.0401. The van der Waals surface area contributed by atoms with E-state index in [1.54, 1.807) is 48.7 Å². The van der Waals surface area contributed by atoms with Crippen molar-refractivity contribution in [2.75, 3.05) is 10.6 Å². The number of ether oxygens (including phenoxy) is 1. The molecule has 2 aromatic heterocycles. The Hall–Kier alpha value is -4.12. The highest BCUT2D eigenvalue weighted by molar-refractivity contribution is 9.10. The number of carbonyl (C=O) groups excluding carboxylic acids is 1. The maximum atomic E-state index is 11.9. The molecule has 11 heteroatoms. The third-order valence-corrected chi connectivity index (χ3v) is 5.02. The van der Waals surface area contributed by atoms with Gasteiger partial charge in [-0.25, -0.2) is 4.98 Å². The van der Waals surface area contributed by atoms with Crippen molar-refractivity contribution in [1.29, 1.82) is 0 Å². The molecule has 2 N–H and O–H groups in total. The van der Waals surface area contributed by atoms with Crippen LogP contribution in [-0.4, -0.2) is 25.8 Å². The SMILES string of the molecule is CC(=O)Nc1ccc(Nc2ncnc(Oc3ccc(Br)c4cccnc34)c2[N+](=O)[O-])cc1. The summed E-state index contributed by atoms with van der Waals surface area (Å²) in [5.74, 6) is -0.150. The fourth-order valence-electron chi connectivity index (χ4n) is 2.97. The first-order chi connectivity index (χ1) is 15.4. The molecule has 0 saturated carbocycles. The van der Waals surface area contributed by atoms with Crippen molar-refractivity contribution in [3.63, 3.8) is 0 Å². The second-order valence-corrected chi connectivity index (χ2v) is 7.42. The number of pyridine rings is 1. The van der Waals surface area contributed by atoms with Gasteiger partial charge in [0.2, 0.25) is 11.7 Å². The topological polar surface area (TPSA) is 132 Å². The molecule has 2 aromatic carbocycles. The lowest BCUT2D eigenvalue weighted by atomic mass is 10.2. The molecule has 0 unspecified atom stereocenters. The zero-order valence-electron chi connectivity index (χ0n) is 16.6. The summed E-state index contributed by atoms with van der Waals surface area (Å²) >= 11 is 3.46. The number of hydrogen-bond acceptors (Lipinski definition) is 8. The van der Waals surface area contributed by atoms with Gasteiger partial charge >= 0.3 is 11.6 Å². The van der Waals surface area contributed by atoms with Crippen molar-refractivity contribution < 1.29 is 14.5 Å². The molecule has 0 atom stereocenters. The van der Waals surface area contributed by atoms with Crippen LogP contribution in [0.1, 0.15) is 6.92 Å². The van der Waals surface area contributed by atoms with Crippen molar-refractivity contribution in [2.24, 2.45) is 0 Å². The minimum atomic E-state index is -0.613. The van der Waals surface area contributed by atoms with Crippen LogP contribution in [-0.2, 0) is 4.79 Å². The van der Waals surface area contributed by atoms with Crippen LogP contribution in [0.25, 0.3) is 10.9 Å². The molecular weight excluding hydrogens is 480 g/mol.